The summed E-state index contributed by atoms with van der Waals surface area (Å²) in [6.07, 6.45) is 0.309. The first kappa shape index (κ1) is 11.2. The molecule has 0 N–H and O–H groups in total. The van der Waals surface area contributed by atoms with E-state index in [1.807, 2.05) is 13.8 Å². The van der Waals surface area contributed by atoms with Crippen molar-refractivity contribution in [3.05, 3.63) is 35.4 Å². The molecule has 78 valence electrons. The Balaban J connectivity index is 2.78. The van der Waals surface area contributed by atoms with Crippen LogP contribution in [-0.2, 0) is 9.47 Å². The van der Waals surface area contributed by atoms with Crippen LogP contribution < -0.4 is 0 Å². The van der Waals surface area contributed by atoms with E-state index in [0.717, 1.165) is 0 Å². The van der Waals surface area contributed by atoms with Crippen LogP contribution >= 0.6 is 0 Å². The van der Waals surface area contributed by atoms with Crippen LogP contribution in [0.3, 0.4) is 0 Å². The molecule has 0 amide bonds. The number of benzene rings is 1. The fourth-order valence-corrected chi connectivity index (χ4v) is 1.31. The van der Waals surface area contributed by atoms with Gasteiger partial charge in [0.2, 0.25) is 0 Å². The first-order chi connectivity index (χ1) is 6.69. The second-order valence-corrected chi connectivity index (χ2v) is 3.42. The molecular formula is C12H18O2. The highest BCUT2D eigenvalue weighted by Crippen LogP contribution is 2.20. The maximum Gasteiger partial charge on any atom is 0.0793 e. The van der Waals surface area contributed by atoms with Gasteiger partial charge in [0, 0.05) is 14.2 Å². The van der Waals surface area contributed by atoms with E-state index in [1.165, 1.54) is 11.1 Å². The minimum atomic E-state index is 0.155. The number of ether oxygens (including phenoxy) is 2. The van der Waals surface area contributed by atoms with Crippen LogP contribution in [0.4, 0.5) is 0 Å². The first-order valence-corrected chi connectivity index (χ1v) is 4.84. The molecule has 0 radical (unpaired) electrons. The lowest BCUT2D eigenvalue weighted by atomic mass is 10.1. The van der Waals surface area contributed by atoms with Crippen LogP contribution in [0, 0.1) is 0 Å². The Morgan fingerprint density at radius 3 is 1.29 bits per heavy atom. The van der Waals surface area contributed by atoms with Crippen molar-refractivity contribution in [2.75, 3.05) is 14.2 Å². The fourth-order valence-electron chi connectivity index (χ4n) is 1.31. The van der Waals surface area contributed by atoms with Crippen LogP contribution in [0.25, 0.3) is 0 Å². The SMILES string of the molecule is COC(C)c1ccc(C(C)OC)cc1. The van der Waals surface area contributed by atoms with E-state index in [4.69, 9.17) is 9.47 Å². The summed E-state index contributed by atoms with van der Waals surface area (Å²) in [4.78, 5) is 0. The van der Waals surface area contributed by atoms with Crippen molar-refractivity contribution >= 4 is 0 Å². The van der Waals surface area contributed by atoms with Gasteiger partial charge in [-0.3, -0.25) is 0 Å². The van der Waals surface area contributed by atoms with Crippen LogP contribution in [0.2, 0.25) is 0 Å². The Labute approximate surface area is 85.8 Å². The van der Waals surface area contributed by atoms with Gasteiger partial charge in [0.05, 0.1) is 12.2 Å². The molecule has 0 saturated heterocycles. The van der Waals surface area contributed by atoms with Gasteiger partial charge in [0.1, 0.15) is 0 Å². The van der Waals surface area contributed by atoms with Crippen molar-refractivity contribution in [1.29, 1.82) is 0 Å². The second kappa shape index (κ2) is 5.13. The monoisotopic (exact) mass is 194 g/mol. The van der Waals surface area contributed by atoms with Gasteiger partial charge < -0.3 is 9.47 Å². The highest BCUT2D eigenvalue weighted by Gasteiger charge is 2.06. The molecule has 2 unspecified atom stereocenters. The van der Waals surface area contributed by atoms with E-state index in [0.29, 0.717) is 0 Å². The Bertz CT molecular complexity index is 237. The van der Waals surface area contributed by atoms with E-state index in [1.54, 1.807) is 14.2 Å². The van der Waals surface area contributed by atoms with Crippen LogP contribution in [0.1, 0.15) is 37.2 Å². The standard InChI is InChI=1S/C12H18O2/c1-9(13-3)11-5-7-12(8-6-11)10(2)14-4/h5-10H,1-4H3. The van der Waals surface area contributed by atoms with Gasteiger partial charge in [-0.1, -0.05) is 24.3 Å². The Morgan fingerprint density at radius 1 is 0.786 bits per heavy atom. The zero-order chi connectivity index (χ0) is 10.6. The predicted molar refractivity (Wildman–Crippen MR) is 57.3 cm³/mol. The molecule has 0 saturated carbocycles. The molecule has 0 bridgehead atoms. The molecule has 0 aromatic heterocycles. The average Bonchev–Trinajstić information content (AvgIpc) is 2.27. The molecular weight excluding hydrogens is 176 g/mol. The molecule has 0 aliphatic heterocycles. The molecule has 1 aromatic rings. The van der Waals surface area contributed by atoms with Crippen LogP contribution in [-0.4, -0.2) is 14.2 Å². The molecule has 14 heavy (non-hydrogen) atoms. The molecule has 2 nitrogen and oxygen atoms in total. The summed E-state index contributed by atoms with van der Waals surface area (Å²) in [6, 6.07) is 8.33. The van der Waals surface area contributed by atoms with Crippen molar-refractivity contribution in [3.8, 4) is 0 Å². The normalized spacial score (nSPS) is 15.1. The Hall–Kier alpha value is -0.860. The number of hydrogen-bond donors (Lipinski definition) is 0. The molecule has 1 rings (SSSR count). The van der Waals surface area contributed by atoms with Gasteiger partial charge in [-0.2, -0.15) is 0 Å². The van der Waals surface area contributed by atoms with Gasteiger partial charge in [0.25, 0.3) is 0 Å². The molecule has 0 spiro atoms. The first-order valence-electron chi connectivity index (χ1n) is 4.84. The van der Waals surface area contributed by atoms with Gasteiger partial charge in [-0.25, -0.2) is 0 Å². The average molecular weight is 194 g/mol. The molecule has 0 aliphatic rings. The van der Waals surface area contributed by atoms with Crippen LogP contribution in [0.15, 0.2) is 24.3 Å². The summed E-state index contributed by atoms with van der Waals surface area (Å²) >= 11 is 0. The van der Waals surface area contributed by atoms with Gasteiger partial charge in [-0.15, -0.1) is 0 Å². The third kappa shape index (κ3) is 2.56. The largest absolute Gasteiger partial charge is 0.377 e. The molecule has 0 fully saturated rings. The summed E-state index contributed by atoms with van der Waals surface area (Å²) in [5.74, 6) is 0. The van der Waals surface area contributed by atoms with Gasteiger partial charge >= 0.3 is 0 Å². The zero-order valence-corrected chi connectivity index (χ0v) is 9.28. The van der Waals surface area contributed by atoms with E-state index in [2.05, 4.69) is 24.3 Å². The third-order valence-electron chi connectivity index (χ3n) is 2.58. The zero-order valence-electron chi connectivity index (χ0n) is 9.28. The van der Waals surface area contributed by atoms with Gasteiger partial charge in [0.15, 0.2) is 0 Å². The summed E-state index contributed by atoms with van der Waals surface area (Å²) in [7, 11) is 3.44. The third-order valence-corrected chi connectivity index (χ3v) is 2.58. The summed E-state index contributed by atoms with van der Waals surface area (Å²) < 4.78 is 10.5. The maximum atomic E-state index is 5.23. The highest BCUT2D eigenvalue weighted by atomic mass is 16.5. The van der Waals surface area contributed by atoms with Crippen molar-refractivity contribution in [2.45, 2.75) is 26.1 Å². The van der Waals surface area contributed by atoms with Crippen LogP contribution in [0.5, 0.6) is 0 Å². The Morgan fingerprint density at radius 2 is 1.07 bits per heavy atom. The second-order valence-electron chi connectivity index (χ2n) is 3.42. The quantitative estimate of drug-likeness (QED) is 0.733. The summed E-state index contributed by atoms with van der Waals surface area (Å²) in [5, 5.41) is 0. The lowest BCUT2D eigenvalue weighted by Crippen LogP contribution is -1.98. The minimum absolute atomic E-state index is 0.155. The van der Waals surface area contributed by atoms with E-state index >= 15 is 0 Å². The molecule has 0 heterocycles. The van der Waals surface area contributed by atoms with E-state index in [9.17, 15) is 0 Å². The van der Waals surface area contributed by atoms with Crippen molar-refractivity contribution in [3.63, 3.8) is 0 Å². The molecule has 2 atom stereocenters. The molecule has 0 aliphatic carbocycles. The predicted octanol–water partition coefficient (Wildman–Crippen LogP) is 3.10. The summed E-state index contributed by atoms with van der Waals surface area (Å²) in [6.45, 7) is 4.07. The van der Waals surface area contributed by atoms with Crippen molar-refractivity contribution in [1.82, 2.24) is 0 Å². The smallest absolute Gasteiger partial charge is 0.0793 e. The van der Waals surface area contributed by atoms with Gasteiger partial charge in [-0.05, 0) is 25.0 Å². The Kier molecular flexibility index (Phi) is 4.11. The molecule has 2 heteroatoms. The van der Waals surface area contributed by atoms with E-state index < -0.39 is 0 Å². The topological polar surface area (TPSA) is 18.5 Å². The molecule has 1 aromatic carbocycles. The lowest BCUT2D eigenvalue weighted by Gasteiger charge is -2.13. The minimum Gasteiger partial charge on any atom is -0.377 e. The summed E-state index contributed by atoms with van der Waals surface area (Å²) in [5.41, 5.74) is 2.39. The number of hydrogen-bond acceptors (Lipinski definition) is 2. The maximum absolute atomic E-state index is 5.23. The van der Waals surface area contributed by atoms with E-state index in [-0.39, 0.29) is 12.2 Å². The number of methoxy groups -OCH3 is 2. The van der Waals surface area contributed by atoms with Crippen molar-refractivity contribution in [2.24, 2.45) is 0 Å². The van der Waals surface area contributed by atoms with Crippen molar-refractivity contribution < 1.29 is 9.47 Å². The highest BCUT2D eigenvalue weighted by molar-refractivity contribution is 5.25. The fraction of sp³-hybridized carbons (Fsp3) is 0.500. The lowest BCUT2D eigenvalue weighted by molar-refractivity contribution is 0.116. The number of rotatable bonds is 4.